The Labute approximate surface area is 176 Å². The smallest absolute Gasteiger partial charge is 0.344 e. The number of aromatic nitrogens is 3. The minimum atomic E-state index is -0.677. The number of nitrogens with two attached hydrogens (primary N) is 3. The first-order valence-electron chi connectivity index (χ1n) is 9.16. The number of amides is 1. The van der Waals surface area contributed by atoms with Crippen LogP contribution >= 0.6 is 0 Å². The zero-order valence-corrected chi connectivity index (χ0v) is 16.1. The Morgan fingerprint density at radius 1 is 1.10 bits per heavy atom. The lowest BCUT2D eigenvalue weighted by Gasteiger charge is -2.12. The summed E-state index contributed by atoms with van der Waals surface area (Å²) < 4.78 is 5.14. The minimum Gasteiger partial charge on any atom is -0.365 e. The zero-order chi connectivity index (χ0) is 21.6. The molecule has 4 rings (SSSR count). The van der Waals surface area contributed by atoms with Gasteiger partial charge in [0, 0.05) is 29.6 Å². The summed E-state index contributed by atoms with van der Waals surface area (Å²) in [6, 6.07) is 16.3. The van der Waals surface area contributed by atoms with Crippen LogP contribution in [0.1, 0.15) is 10.4 Å². The van der Waals surface area contributed by atoms with Crippen molar-refractivity contribution in [3.8, 4) is 17.3 Å². The quantitative estimate of drug-likeness (QED) is 0.161. The normalized spacial score (nSPS) is 10.5. The van der Waals surface area contributed by atoms with E-state index in [1.54, 1.807) is 30.5 Å². The van der Waals surface area contributed by atoms with Crippen LogP contribution < -0.4 is 32.6 Å². The molecule has 11 nitrogen and oxygen atoms in total. The molecule has 0 saturated heterocycles. The number of benzene rings is 2. The van der Waals surface area contributed by atoms with E-state index < -0.39 is 5.91 Å². The maximum atomic E-state index is 11.8. The molecule has 2 aromatic heterocycles. The third kappa shape index (κ3) is 4.58. The van der Waals surface area contributed by atoms with Gasteiger partial charge in [0.15, 0.2) is 17.3 Å². The molecule has 0 fully saturated rings. The highest BCUT2D eigenvalue weighted by molar-refractivity contribution is 5.98. The van der Waals surface area contributed by atoms with Gasteiger partial charge in [0.2, 0.25) is 0 Å². The van der Waals surface area contributed by atoms with E-state index >= 15 is 0 Å². The van der Waals surface area contributed by atoms with Crippen molar-refractivity contribution in [3.05, 3.63) is 72.6 Å². The summed E-state index contributed by atoms with van der Waals surface area (Å²) >= 11 is 0. The average molecular weight is 419 g/mol. The molecule has 0 aliphatic heterocycles. The Kier molecular flexibility index (Phi) is 5.69. The van der Waals surface area contributed by atoms with E-state index in [2.05, 4.69) is 25.9 Å². The summed E-state index contributed by atoms with van der Waals surface area (Å²) in [6.45, 7) is 0. The summed E-state index contributed by atoms with van der Waals surface area (Å²) in [5, 5.41) is 6.75. The highest BCUT2D eigenvalue weighted by Gasteiger charge is 2.14. The molecule has 2 aromatic carbocycles. The van der Waals surface area contributed by atoms with E-state index in [0.29, 0.717) is 17.1 Å². The highest BCUT2D eigenvalue weighted by Crippen LogP contribution is 2.25. The predicted octanol–water partition coefficient (Wildman–Crippen LogP) is 1.45. The number of nitrogens with one attached hydrogen (secondary N) is 2. The van der Waals surface area contributed by atoms with Gasteiger partial charge in [-0.2, -0.15) is 10.8 Å². The van der Waals surface area contributed by atoms with E-state index in [9.17, 15) is 4.79 Å². The van der Waals surface area contributed by atoms with Gasteiger partial charge in [-0.1, -0.05) is 17.3 Å². The number of quaternary nitrogens is 1. The van der Waals surface area contributed by atoms with E-state index in [-0.39, 0.29) is 17.4 Å². The number of hydrogen-bond donors (Lipinski definition) is 5. The maximum Gasteiger partial charge on any atom is 0.344 e. The number of nitrogens with zero attached hydrogens (tertiary/aromatic N) is 3. The van der Waals surface area contributed by atoms with E-state index in [4.69, 9.17) is 20.9 Å². The second kappa shape index (κ2) is 8.90. The Hall–Kier alpha value is -4.48. The topological polar surface area (TPSA) is 171 Å². The van der Waals surface area contributed by atoms with Gasteiger partial charge in [-0.05, 0) is 30.3 Å². The van der Waals surface area contributed by atoms with E-state index in [0.717, 1.165) is 11.3 Å². The molecule has 0 bridgehead atoms. The Morgan fingerprint density at radius 3 is 2.61 bits per heavy atom. The van der Waals surface area contributed by atoms with Crippen molar-refractivity contribution >= 4 is 28.8 Å². The van der Waals surface area contributed by atoms with Crippen molar-refractivity contribution in [1.29, 1.82) is 0 Å². The van der Waals surface area contributed by atoms with Crippen LogP contribution in [0.5, 0.6) is 6.01 Å². The molecule has 2 heterocycles. The number of hydrogen-bond acceptors (Lipinski definition) is 9. The van der Waals surface area contributed by atoms with Gasteiger partial charge < -0.3 is 20.4 Å². The van der Waals surface area contributed by atoms with Gasteiger partial charge in [0.05, 0.1) is 6.20 Å². The van der Waals surface area contributed by atoms with E-state index in [1.165, 1.54) is 11.6 Å². The fourth-order valence-corrected chi connectivity index (χ4v) is 2.75. The summed E-state index contributed by atoms with van der Waals surface area (Å²) in [6.07, 6.45) is 2.86. The standard InChI is InChI=1S/C20H18N8O3/c21-18(29)14-11-23-20(31-28-16-4-2-1-3-15(16)27-22)26-19(14)25-13-7-5-12(6-8-13)17-9-10-24-30-17/h1-11,27-28H,22H2,(H2,21,29)(H,23,25,26)/p+1. The molecular formula is C20H19N8O3+. The molecule has 156 valence electrons. The molecule has 1 amide bonds. The first-order chi connectivity index (χ1) is 15.1. The van der Waals surface area contributed by atoms with Crippen LogP contribution in [0.15, 0.2) is 71.5 Å². The molecule has 0 saturated carbocycles. The maximum absolute atomic E-state index is 11.8. The van der Waals surface area contributed by atoms with Crippen LogP contribution in [0.4, 0.5) is 22.9 Å². The molecule has 31 heavy (non-hydrogen) atoms. The number of carbonyl (C=O) groups excluding carboxylic acids is 1. The molecule has 11 heteroatoms. The molecule has 0 spiro atoms. The first kappa shape index (κ1) is 19.8. The number of carbonyl (C=O) groups is 1. The van der Waals surface area contributed by atoms with Gasteiger partial charge in [-0.25, -0.2) is 15.9 Å². The Morgan fingerprint density at radius 2 is 1.90 bits per heavy atom. The largest absolute Gasteiger partial charge is 0.365 e. The van der Waals surface area contributed by atoms with Crippen LogP contribution in [0.25, 0.3) is 11.3 Å². The fraction of sp³-hybridized carbons (Fsp3) is 0. The third-order valence-corrected chi connectivity index (χ3v) is 4.29. The molecule has 0 aliphatic rings. The number of rotatable bonds is 8. The monoisotopic (exact) mass is 419 g/mol. The van der Waals surface area contributed by atoms with Crippen LogP contribution in [0.2, 0.25) is 0 Å². The molecule has 0 radical (unpaired) electrons. The molecular weight excluding hydrogens is 400 g/mol. The van der Waals surface area contributed by atoms with Gasteiger partial charge in [-0.3, -0.25) is 4.79 Å². The van der Waals surface area contributed by atoms with Crippen molar-refractivity contribution in [3.63, 3.8) is 0 Å². The molecule has 0 aliphatic carbocycles. The van der Waals surface area contributed by atoms with Crippen LogP contribution in [-0.2, 0) is 0 Å². The van der Waals surface area contributed by atoms with Crippen LogP contribution in [-0.4, -0.2) is 21.0 Å². The van der Waals surface area contributed by atoms with Crippen LogP contribution in [0.3, 0.4) is 0 Å². The van der Waals surface area contributed by atoms with Crippen LogP contribution in [0, 0.1) is 0 Å². The molecule has 8 N–H and O–H groups in total. The Balaban J connectivity index is 1.54. The van der Waals surface area contributed by atoms with Gasteiger partial charge >= 0.3 is 6.01 Å². The molecule has 4 aromatic rings. The fourth-order valence-electron chi connectivity index (χ4n) is 2.75. The first-order valence-corrected chi connectivity index (χ1v) is 9.16. The van der Waals surface area contributed by atoms with Crippen molar-refractivity contribution in [1.82, 2.24) is 15.1 Å². The van der Waals surface area contributed by atoms with E-state index in [1.807, 2.05) is 30.3 Å². The second-order valence-corrected chi connectivity index (χ2v) is 6.32. The average Bonchev–Trinajstić information content (AvgIpc) is 3.33. The summed E-state index contributed by atoms with van der Waals surface area (Å²) in [5.74, 6) is 5.77. The lowest BCUT2D eigenvalue weighted by atomic mass is 10.1. The van der Waals surface area contributed by atoms with Crippen molar-refractivity contribution in [2.24, 2.45) is 11.6 Å². The number of para-hydroxylation sites is 1. The highest BCUT2D eigenvalue weighted by atomic mass is 16.7. The molecule has 0 atom stereocenters. The summed E-state index contributed by atoms with van der Waals surface area (Å²) in [4.78, 5) is 25.5. The number of primary amides is 1. The second-order valence-electron chi connectivity index (χ2n) is 6.32. The number of anilines is 3. The SMILES string of the molecule is N[NH2+]c1ccccc1NOc1ncc(C(N)=O)c(Nc2ccc(-c3ccno3)cc2)n1. The summed E-state index contributed by atoms with van der Waals surface area (Å²) in [7, 11) is 0. The van der Waals surface area contributed by atoms with Crippen molar-refractivity contribution in [2.75, 3.05) is 10.8 Å². The lowest BCUT2D eigenvalue weighted by Crippen LogP contribution is -2.85. The summed E-state index contributed by atoms with van der Waals surface area (Å²) in [5.41, 5.74) is 12.7. The van der Waals surface area contributed by atoms with Crippen molar-refractivity contribution in [2.45, 2.75) is 0 Å². The minimum absolute atomic E-state index is 0.0161. The van der Waals surface area contributed by atoms with Gasteiger partial charge in [0.25, 0.3) is 5.91 Å². The predicted molar refractivity (Wildman–Crippen MR) is 112 cm³/mol. The Bertz CT molecular complexity index is 1180. The van der Waals surface area contributed by atoms with Gasteiger partial charge in [0.1, 0.15) is 11.3 Å². The third-order valence-electron chi connectivity index (χ3n) is 4.29. The zero-order valence-electron chi connectivity index (χ0n) is 16.1. The lowest BCUT2D eigenvalue weighted by molar-refractivity contribution is -0.583. The molecule has 0 unspecified atom stereocenters. The van der Waals surface area contributed by atoms with Crippen molar-refractivity contribution < 1.29 is 19.6 Å². The van der Waals surface area contributed by atoms with Gasteiger partial charge in [-0.15, -0.1) is 0 Å².